The highest BCUT2D eigenvalue weighted by Gasteiger charge is 1.96. The van der Waals surface area contributed by atoms with Crippen LogP contribution in [0.5, 0.6) is 0 Å². The molecule has 0 aliphatic rings. The summed E-state index contributed by atoms with van der Waals surface area (Å²) in [5, 5.41) is 8.56. The molecule has 0 saturated carbocycles. The Bertz CT molecular complexity index is 319. The number of nitriles is 1. The fraction of sp³-hybridized carbons (Fsp3) is 0.100. The summed E-state index contributed by atoms with van der Waals surface area (Å²) in [4.78, 5) is 1.20. The van der Waals surface area contributed by atoms with Crippen molar-refractivity contribution in [3.05, 3.63) is 36.4 Å². The maximum absolute atomic E-state index is 8.56. The quantitative estimate of drug-likeness (QED) is 0.509. The van der Waals surface area contributed by atoms with E-state index < -0.39 is 0 Å². The van der Waals surface area contributed by atoms with Gasteiger partial charge in [-0.25, -0.2) is 0 Å². The van der Waals surface area contributed by atoms with Crippen molar-refractivity contribution in [2.75, 3.05) is 6.26 Å². The van der Waals surface area contributed by atoms with E-state index in [1.165, 1.54) is 4.90 Å². The minimum absolute atomic E-state index is 0.516. The first-order valence-electron chi connectivity index (χ1n) is 3.51. The van der Waals surface area contributed by atoms with Crippen LogP contribution < -0.4 is 0 Å². The lowest BCUT2D eigenvalue weighted by Gasteiger charge is -1.98. The van der Waals surface area contributed by atoms with Gasteiger partial charge in [0.1, 0.15) is 0 Å². The van der Waals surface area contributed by atoms with Crippen molar-refractivity contribution in [3.63, 3.8) is 0 Å². The molecule has 0 bridgehead atoms. The summed E-state index contributed by atoms with van der Waals surface area (Å²) >= 11 is 1.68. The zero-order valence-corrected chi connectivity index (χ0v) is 7.69. The molecule has 0 aliphatic carbocycles. The smallest absolute Gasteiger partial charge is 0.0991 e. The molecule has 2 heteroatoms. The molecule has 1 nitrogen and oxygen atoms in total. The summed E-state index contributed by atoms with van der Waals surface area (Å²) in [7, 11) is 0. The van der Waals surface area contributed by atoms with Crippen molar-refractivity contribution in [2.24, 2.45) is 0 Å². The van der Waals surface area contributed by atoms with Gasteiger partial charge in [-0.05, 0) is 24.0 Å². The van der Waals surface area contributed by atoms with Crippen molar-refractivity contribution in [1.82, 2.24) is 0 Å². The van der Waals surface area contributed by atoms with Crippen LogP contribution in [0.25, 0.3) is 5.57 Å². The largest absolute Gasteiger partial charge is 0.192 e. The maximum Gasteiger partial charge on any atom is 0.0991 e. The third kappa shape index (κ3) is 1.90. The maximum atomic E-state index is 8.56. The second-order valence-corrected chi connectivity index (χ2v) is 3.20. The lowest BCUT2D eigenvalue weighted by molar-refractivity contribution is 1.44. The van der Waals surface area contributed by atoms with Crippen molar-refractivity contribution in [2.45, 2.75) is 4.90 Å². The Morgan fingerprint density at radius 1 is 1.42 bits per heavy atom. The Hall–Kier alpha value is -1.20. The van der Waals surface area contributed by atoms with Gasteiger partial charge in [-0.2, -0.15) is 5.26 Å². The Labute approximate surface area is 76.7 Å². The number of hydrogen-bond acceptors (Lipinski definition) is 2. The van der Waals surface area contributed by atoms with Crippen LogP contribution in [0.3, 0.4) is 0 Å². The van der Waals surface area contributed by atoms with Gasteiger partial charge in [0.25, 0.3) is 0 Å². The summed E-state index contributed by atoms with van der Waals surface area (Å²) in [5.41, 5.74) is 1.41. The van der Waals surface area contributed by atoms with Crippen LogP contribution in [0.2, 0.25) is 0 Å². The second-order valence-electron chi connectivity index (χ2n) is 2.32. The summed E-state index contributed by atoms with van der Waals surface area (Å²) < 4.78 is 0. The SMILES string of the molecule is C=C(C#N)c1ccc(SC)cc1. The molecule has 0 radical (unpaired) electrons. The van der Waals surface area contributed by atoms with E-state index in [1.807, 2.05) is 36.6 Å². The fourth-order valence-corrected chi connectivity index (χ4v) is 1.27. The molecule has 60 valence electrons. The molecule has 0 aromatic heterocycles. The molecule has 1 rings (SSSR count). The first kappa shape index (κ1) is 8.89. The zero-order valence-electron chi connectivity index (χ0n) is 6.87. The molecule has 0 N–H and O–H groups in total. The van der Waals surface area contributed by atoms with Crippen molar-refractivity contribution >= 4 is 17.3 Å². The normalized spacial score (nSPS) is 9.00. The summed E-state index contributed by atoms with van der Waals surface area (Å²) in [6, 6.07) is 9.82. The molecule has 0 amide bonds. The predicted molar refractivity (Wildman–Crippen MR) is 52.9 cm³/mol. The lowest BCUT2D eigenvalue weighted by Crippen LogP contribution is -1.78. The van der Waals surface area contributed by atoms with Crippen LogP contribution in [-0.4, -0.2) is 6.26 Å². The molecule has 0 fully saturated rings. The Morgan fingerprint density at radius 2 is 2.00 bits per heavy atom. The highest BCUT2D eigenvalue weighted by molar-refractivity contribution is 7.98. The standard InChI is InChI=1S/C10H9NS/c1-8(7-11)9-3-5-10(12-2)6-4-9/h3-6H,1H2,2H3. The molecular formula is C10H9NS. The molecule has 12 heavy (non-hydrogen) atoms. The van der Waals surface area contributed by atoms with Gasteiger partial charge in [-0.15, -0.1) is 11.8 Å². The Balaban J connectivity index is 2.94. The van der Waals surface area contributed by atoms with Gasteiger partial charge < -0.3 is 0 Å². The van der Waals surface area contributed by atoms with Crippen molar-refractivity contribution < 1.29 is 0 Å². The number of benzene rings is 1. The van der Waals surface area contributed by atoms with Crippen LogP contribution in [0.15, 0.2) is 35.7 Å². The Morgan fingerprint density at radius 3 is 2.42 bits per heavy atom. The number of hydrogen-bond donors (Lipinski definition) is 0. The number of rotatable bonds is 2. The molecule has 0 heterocycles. The predicted octanol–water partition coefficient (Wildman–Crippen LogP) is 2.95. The summed E-state index contributed by atoms with van der Waals surface area (Å²) in [6.07, 6.45) is 2.02. The Kier molecular flexibility index (Phi) is 2.95. The minimum atomic E-state index is 0.516. The van der Waals surface area contributed by atoms with Crippen LogP contribution in [0, 0.1) is 11.3 Å². The fourth-order valence-electron chi connectivity index (χ4n) is 0.857. The number of nitrogens with zero attached hydrogens (tertiary/aromatic N) is 1. The van der Waals surface area contributed by atoms with Crippen LogP contribution in [0.1, 0.15) is 5.56 Å². The van der Waals surface area contributed by atoms with Gasteiger partial charge >= 0.3 is 0 Å². The first-order valence-corrected chi connectivity index (χ1v) is 4.74. The van der Waals surface area contributed by atoms with E-state index in [-0.39, 0.29) is 0 Å². The van der Waals surface area contributed by atoms with E-state index in [1.54, 1.807) is 11.8 Å². The van der Waals surface area contributed by atoms with Gasteiger partial charge in [-0.1, -0.05) is 18.7 Å². The average molecular weight is 175 g/mol. The van der Waals surface area contributed by atoms with Gasteiger partial charge in [0.2, 0.25) is 0 Å². The second kappa shape index (κ2) is 3.99. The minimum Gasteiger partial charge on any atom is -0.192 e. The molecule has 0 atom stereocenters. The van der Waals surface area contributed by atoms with Gasteiger partial charge in [0.15, 0.2) is 0 Å². The van der Waals surface area contributed by atoms with Gasteiger partial charge in [0, 0.05) is 4.90 Å². The van der Waals surface area contributed by atoms with E-state index in [4.69, 9.17) is 5.26 Å². The number of allylic oxidation sites excluding steroid dienone is 1. The molecule has 0 unspecified atom stereocenters. The topological polar surface area (TPSA) is 23.8 Å². The van der Waals surface area contributed by atoms with E-state index in [0.717, 1.165) is 5.56 Å². The monoisotopic (exact) mass is 175 g/mol. The van der Waals surface area contributed by atoms with Crippen molar-refractivity contribution in [3.8, 4) is 6.07 Å². The molecule has 0 saturated heterocycles. The molecular weight excluding hydrogens is 166 g/mol. The van der Waals surface area contributed by atoms with E-state index >= 15 is 0 Å². The highest BCUT2D eigenvalue weighted by Crippen LogP contribution is 2.18. The van der Waals surface area contributed by atoms with E-state index in [0.29, 0.717) is 5.57 Å². The van der Waals surface area contributed by atoms with E-state index in [9.17, 15) is 0 Å². The third-order valence-corrected chi connectivity index (χ3v) is 2.32. The molecule has 1 aromatic rings. The molecule has 0 aliphatic heterocycles. The van der Waals surface area contributed by atoms with E-state index in [2.05, 4.69) is 6.58 Å². The first-order chi connectivity index (χ1) is 5.77. The summed E-state index contributed by atoms with van der Waals surface area (Å²) in [6.45, 7) is 3.63. The third-order valence-electron chi connectivity index (χ3n) is 1.57. The number of thioether (sulfide) groups is 1. The lowest BCUT2D eigenvalue weighted by atomic mass is 10.1. The van der Waals surface area contributed by atoms with Gasteiger partial charge in [-0.3, -0.25) is 0 Å². The van der Waals surface area contributed by atoms with Crippen LogP contribution in [0.4, 0.5) is 0 Å². The van der Waals surface area contributed by atoms with Crippen molar-refractivity contribution in [1.29, 1.82) is 5.26 Å². The van der Waals surface area contributed by atoms with Crippen LogP contribution in [-0.2, 0) is 0 Å². The average Bonchev–Trinajstić information content (AvgIpc) is 2.17. The molecule has 1 aromatic carbocycles. The zero-order chi connectivity index (χ0) is 8.97. The van der Waals surface area contributed by atoms with Crippen LogP contribution >= 0.6 is 11.8 Å². The molecule has 0 spiro atoms. The summed E-state index contributed by atoms with van der Waals surface area (Å²) in [5.74, 6) is 0. The van der Waals surface area contributed by atoms with Gasteiger partial charge in [0.05, 0.1) is 11.6 Å². The highest BCUT2D eigenvalue weighted by atomic mass is 32.2.